The number of nitrogens with zero attached hydrogens (tertiary/aromatic N) is 1. The minimum Gasteiger partial charge on any atom is -0.378 e. The second-order valence-corrected chi connectivity index (χ2v) is 5.42. The monoisotopic (exact) mass is 284 g/mol. The van der Waals surface area contributed by atoms with Crippen LogP contribution in [0.15, 0.2) is 36.4 Å². The molecule has 2 rings (SSSR count). The largest absolute Gasteiger partial charge is 0.378 e. The topological polar surface area (TPSA) is 35.8 Å². The van der Waals surface area contributed by atoms with Crippen LogP contribution in [0, 0.1) is 25.2 Å². The van der Waals surface area contributed by atoms with Gasteiger partial charge in [0.05, 0.1) is 10.6 Å². The van der Waals surface area contributed by atoms with Gasteiger partial charge in [0, 0.05) is 11.7 Å². The number of hydrogen-bond donors (Lipinski definition) is 1. The van der Waals surface area contributed by atoms with Crippen LogP contribution in [0.25, 0.3) is 0 Å². The second-order valence-electron chi connectivity index (χ2n) is 5.02. The van der Waals surface area contributed by atoms with Crippen LogP contribution in [0.5, 0.6) is 0 Å². The van der Waals surface area contributed by atoms with Gasteiger partial charge in [-0.05, 0) is 55.7 Å². The number of nitrogens with one attached hydrogen (secondary N) is 1. The zero-order chi connectivity index (χ0) is 14.7. The fourth-order valence-electron chi connectivity index (χ4n) is 2.07. The number of halogens is 1. The van der Waals surface area contributed by atoms with E-state index in [1.807, 2.05) is 6.07 Å². The number of nitriles is 1. The fraction of sp³-hybridized carbons (Fsp3) is 0.235. The molecule has 0 radical (unpaired) electrons. The van der Waals surface area contributed by atoms with E-state index in [9.17, 15) is 0 Å². The first-order valence-corrected chi connectivity index (χ1v) is 6.92. The van der Waals surface area contributed by atoms with E-state index >= 15 is 0 Å². The van der Waals surface area contributed by atoms with Gasteiger partial charge in [-0.15, -0.1) is 0 Å². The zero-order valence-corrected chi connectivity index (χ0v) is 12.6. The first kappa shape index (κ1) is 14.4. The van der Waals surface area contributed by atoms with Crippen molar-refractivity contribution in [2.75, 3.05) is 5.32 Å². The summed E-state index contributed by atoms with van der Waals surface area (Å²) in [7, 11) is 0. The van der Waals surface area contributed by atoms with E-state index in [0.717, 1.165) is 5.69 Å². The van der Waals surface area contributed by atoms with E-state index in [4.69, 9.17) is 16.9 Å². The average molecular weight is 285 g/mol. The SMILES string of the molecule is Cc1ccc(C(C)Nc2ccc(Cl)c(C#N)c2)cc1C. The summed E-state index contributed by atoms with van der Waals surface area (Å²) in [6, 6.07) is 14.1. The van der Waals surface area contributed by atoms with Crippen molar-refractivity contribution in [3.05, 3.63) is 63.7 Å². The van der Waals surface area contributed by atoms with Gasteiger partial charge in [0.1, 0.15) is 6.07 Å². The molecule has 0 heterocycles. The Labute approximate surface area is 125 Å². The van der Waals surface area contributed by atoms with Gasteiger partial charge in [0.25, 0.3) is 0 Å². The first-order chi connectivity index (χ1) is 9.51. The molecule has 0 aliphatic rings. The third kappa shape index (κ3) is 3.12. The highest BCUT2D eigenvalue weighted by Gasteiger charge is 2.08. The minimum absolute atomic E-state index is 0.169. The van der Waals surface area contributed by atoms with Crippen molar-refractivity contribution < 1.29 is 0 Å². The predicted octanol–water partition coefficient (Wildman–Crippen LogP) is 5.00. The number of aryl methyl sites for hydroxylation is 2. The summed E-state index contributed by atoms with van der Waals surface area (Å²) >= 11 is 5.94. The summed E-state index contributed by atoms with van der Waals surface area (Å²) in [5.41, 5.74) is 5.19. The highest BCUT2D eigenvalue weighted by molar-refractivity contribution is 6.31. The first-order valence-electron chi connectivity index (χ1n) is 6.54. The summed E-state index contributed by atoms with van der Waals surface area (Å²) in [5.74, 6) is 0. The van der Waals surface area contributed by atoms with E-state index < -0.39 is 0 Å². The fourth-order valence-corrected chi connectivity index (χ4v) is 2.23. The molecule has 0 aliphatic heterocycles. The maximum absolute atomic E-state index is 9.00. The van der Waals surface area contributed by atoms with Crippen LogP contribution in [0.3, 0.4) is 0 Å². The molecule has 2 aromatic carbocycles. The Balaban J connectivity index is 2.21. The Bertz CT molecular complexity index is 671. The van der Waals surface area contributed by atoms with Gasteiger partial charge >= 0.3 is 0 Å². The summed E-state index contributed by atoms with van der Waals surface area (Å²) < 4.78 is 0. The summed E-state index contributed by atoms with van der Waals surface area (Å²) in [4.78, 5) is 0. The number of anilines is 1. The maximum atomic E-state index is 9.00. The van der Waals surface area contributed by atoms with Crippen LogP contribution in [0.2, 0.25) is 5.02 Å². The molecule has 3 heteroatoms. The molecule has 0 bridgehead atoms. The lowest BCUT2D eigenvalue weighted by molar-refractivity contribution is 0.881. The molecule has 0 spiro atoms. The Morgan fingerprint density at radius 2 is 1.85 bits per heavy atom. The Hall–Kier alpha value is -1.98. The van der Waals surface area contributed by atoms with E-state index in [2.05, 4.69) is 50.4 Å². The summed E-state index contributed by atoms with van der Waals surface area (Å²) in [6.07, 6.45) is 0. The molecule has 2 aromatic rings. The summed E-state index contributed by atoms with van der Waals surface area (Å²) in [6.45, 7) is 6.32. The van der Waals surface area contributed by atoms with Gasteiger partial charge < -0.3 is 5.32 Å². The molecule has 0 aromatic heterocycles. The average Bonchev–Trinajstić information content (AvgIpc) is 2.43. The molecule has 0 fully saturated rings. The van der Waals surface area contributed by atoms with Crippen LogP contribution in [-0.4, -0.2) is 0 Å². The van der Waals surface area contributed by atoms with Crippen molar-refractivity contribution in [1.82, 2.24) is 0 Å². The molecular formula is C17H17ClN2. The van der Waals surface area contributed by atoms with Gasteiger partial charge in [0.15, 0.2) is 0 Å². The van der Waals surface area contributed by atoms with Crippen molar-refractivity contribution in [2.45, 2.75) is 26.8 Å². The van der Waals surface area contributed by atoms with Crippen molar-refractivity contribution in [1.29, 1.82) is 5.26 Å². The van der Waals surface area contributed by atoms with Gasteiger partial charge in [-0.25, -0.2) is 0 Å². The summed E-state index contributed by atoms with van der Waals surface area (Å²) in [5, 5.41) is 12.9. The van der Waals surface area contributed by atoms with Crippen molar-refractivity contribution >= 4 is 17.3 Å². The van der Waals surface area contributed by atoms with Gasteiger partial charge in [-0.1, -0.05) is 29.8 Å². The quantitative estimate of drug-likeness (QED) is 0.861. The lowest BCUT2D eigenvalue weighted by Gasteiger charge is -2.17. The molecule has 102 valence electrons. The lowest BCUT2D eigenvalue weighted by Crippen LogP contribution is -2.07. The van der Waals surface area contributed by atoms with Crippen molar-refractivity contribution in [3.8, 4) is 6.07 Å². The predicted molar refractivity (Wildman–Crippen MR) is 84.1 cm³/mol. The molecule has 20 heavy (non-hydrogen) atoms. The molecule has 0 saturated carbocycles. The van der Waals surface area contributed by atoms with E-state index in [-0.39, 0.29) is 6.04 Å². The minimum atomic E-state index is 0.169. The van der Waals surface area contributed by atoms with Crippen molar-refractivity contribution in [2.24, 2.45) is 0 Å². The third-order valence-electron chi connectivity index (χ3n) is 3.50. The van der Waals surface area contributed by atoms with Gasteiger partial charge in [0.2, 0.25) is 0 Å². The number of rotatable bonds is 3. The number of benzene rings is 2. The molecule has 1 unspecified atom stereocenters. The third-order valence-corrected chi connectivity index (χ3v) is 3.83. The standard InChI is InChI=1S/C17H17ClN2/c1-11-4-5-14(8-12(11)2)13(3)20-16-6-7-17(18)15(9-16)10-19/h4-9,13,20H,1-3H3. The molecule has 1 N–H and O–H groups in total. The lowest BCUT2D eigenvalue weighted by atomic mass is 10.0. The van der Waals surface area contributed by atoms with Crippen LogP contribution < -0.4 is 5.32 Å². The molecule has 0 amide bonds. The Morgan fingerprint density at radius 3 is 2.50 bits per heavy atom. The van der Waals surface area contributed by atoms with Crippen LogP contribution in [0.1, 0.15) is 35.2 Å². The highest BCUT2D eigenvalue weighted by atomic mass is 35.5. The molecule has 0 saturated heterocycles. The van der Waals surface area contributed by atoms with E-state index in [0.29, 0.717) is 10.6 Å². The second kappa shape index (κ2) is 5.98. The normalized spacial score (nSPS) is 11.8. The van der Waals surface area contributed by atoms with Crippen LogP contribution in [-0.2, 0) is 0 Å². The molecule has 2 nitrogen and oxygen atoms in total. The van der Waals surface area contributed by atoms with Crippen LogP contribution >= 0.6 is 11.6 Å². The zero-order valence-electron chi connectivity index (χ0n) is 11.9. The van der Waals surface area contributed by atoms with E-state index in [1.54, 1.807) is 12.1 Å². The Morgan fingerprint density at radius 1 is 1.10 bits per heavy atom. The van der Waals surface area contributed by atoms with Gasteiger partial charge in [-0.2, -0.15) is 5.26 Å². The Kier molecular flexibility index (Phi) is 4.32. The van der Waals surface area contributed by atoms with Crippen LogP contribution in [0.4, 0.5) is 5.69 Å². The number of hydrogen-bond acceptors (Lipinski definition) is 2. The molecule has 1 atom stereocenters. The molecular weight excluding hydrogens is 268 g/mol. The van der Waals surface area contributed by atoms with Gasteiger partial charge in [-0.3, -0.25) is 0 Å². The molecule has 0 aliphatic carbocycles. The maximum Gasteiger partial charge on any atom is 0.101 e. The van der Waals surface area contributed by atoms with Crippen molar-refractivity contribution in [3.63, 3.8) is 0 Å². The highest BCUT2D eigenvalue weighted by Crippen LogP contribution is 2.24. The smallest absolute Gasteiger partial charge is 0.101 e. The van der Waals surface area contributed by atoms with E-state index in [1.165, 1.54) is 16.7 Å².